The second-order valence-corrected chi connectivity index (χ2v) is 6.14. The number of benzene rings is 2. The minimum atomic E-state index is -0.183. The van der Waals surface area contributed by atoms with Gasteiger partial charge >= 0.3 is 0 Å². The number of aldehydes is 1. The minimum absolute atomic E-state index is 0.0260. The number of phenols is 4. The summed E-state index contributed by atoms with van der Waals surface area (Å²) in [6.45, 7) is 7.79. The van der Waals surface area contributed by atoms with Gasteiger partial charge in [0.2, 0.25) is 0 Å². The summed E-state index contributed by atoms with van der Waals surface area (Å²) >= 11 is 0. The molecule has 0 radical (unpaired) electrons. The lowest BCUT2D eigenvalue weighted by Crippen LogP contribution is -1.91. The van der Waals surface area contributed by atoms with Crippen LogP contribution in [0.4, 0.5) is 0 Å². The summed E-state index contributed by atoms with van der Waals surface area (Å²) in [5.74, 6) is 0.525. The first-order valence-electron chi connectivity index (χ1n) is 7.70. The molecule has 5 heteroatoms. The van der Waals surface area contributed by atoms with E-state index in [1.807, 2.05) is 27.7 Å². The Kier molecular flexibility index (Phi) is 6.65. The Morgan fingerprint density at radius 3 is 1.75 bits per heavy atom. The summed E-state index contributed by atoms with van der Waals surface area (Å²) in [4.78, 5) is 10.5. The molecule has 130 valence electrons. The van der Waals surface area contributed by atoms with Gasteiger partial charge in [0.1, 0.15) is 23.0 Å². The molecule has 0 bridgehead atoms. The molecule has 24 heavy (non-hydrogen) atoms. The average Bonchev–Trinajstić information content (AvgIpc) is 2.47. The molecule has 5 nitrogen and oxygen atoms in total. The lowest BCUT2D eigenvalue weighted by Gasteiger charge is -2.09. The zero-order chi connectivity index (χ0) is 18.4. The molecule has 0 spiro atoms. The van der Waals surface area contributed by atoms with E-state index in [-0.39, 0.29) is 40.4 Å². The maximum atomic E-state index is 10.5. The molecule has 0 fully saturated rings. The van der Waals surface area contributed by atoms with E-state index in [1.165, 1.54) is 18.2 Å². The zero-order valence-electron chi connectivity index (χ0n) is 14.3. The fourth-order valence-corrected chi connectivity index (χ4v) is 2.19. The van der Waals surface area contributed by atoms with Crippen LogP contribution >= 0.6 is 0 Å². The van der Waals surface area contributed by atoms with Gasteiger partial charge in [-0.25, -0.2) is 0 Å². The highest BCUT2D eigenvalue weighted by atomic mass is 16.3. The molecule has 0 saturated carbocycles. The normalized spacial score (nSPS) is 10.4. The third kappa shape index (κ3) is 4.91. The van der Waals surface area contributed by atoms with Gasteiger partial charge < -0.3 is 20.4 Å². The van der Waals surface area contributed by atoms with Crippen LogP contribution in [0, 0.1) is 0 Å². The molecular weight excluding hydrogens is 308 g/mol. The molecule has 0 saturated heterocycles. The molecule has 0 atom stereocenters. The van der Waals surface area contributed by atoms with E-state index in [0.29, 0.717) is 11.8 Å². The highest BCUT2D eigenvalue weighted by molar-refractivity contribution is 5.80. The van der Waals surface area contributed by atoms with Crippen LogP contribution < -0.4 is 0 Å². The topological polar surface area (TPSA) is 98.0 Å². The maximum absolute atomic E-state index is 10.5. The van der Waals surface area contributed by atoms with E-state index >= 15 is 0 Å². The van der Waals surface area contributed by atoms with Crippen LogP contribution in [0.15, 0.2) is 30.3 Å². The third-order valence-corrected chi connectivity index (χ3v) is 3.56. The second-order valence-electron chi connectivity index (χ2n) is 6.14. The van der Waals surface area contributed by atoms with Gasteiger partial charge in [0.15, 0.2) is 6.29 Å². The molecule has 2 aromatic carbocycles. The van der Waals surface area contributed by atoms with Gasteiger partial charge in [-0.3, -0.25) is 4.79 Å². The Morgan fingerprint density at radius 2 is 1.29 bits per heavy atom. The molecule has 0 aliphatic carbocycles. The number of phenolic OH excluding ortho intramolecular Hbond substituents is 4. The van der Waals surface area contributed by atoms with Gasteiger partial charge in [0.25, 0.3) is 0 Å². The standard InChI is InChI=1S/C10H12O3.C9H12O2/c1-6(2)8-3-7(5-11)9(12)4-10(8)13;1-6(2)8-4-3-7(10)5-9(8)11/h3-6,12-13H,1-2H3;3-6,10-11H,1-2H3. The van der Waals surface area contributed by atoms with Gasteiger partial charge in [-0.15, -0.1) is 0 Å². The first kappa shape index (κ1) is 19.4. The van der Waals surface area contributed by atoms with Crippen molar-refractivity contribution < 1.29 is 25.2 Å². The van der Waals surface area contributed by atoms with E-state index < -0.39 is 0 Å². The SMILES string of the molecule is CC(C)c1cc(C=O)c(O)cc1O.CC(C)c1ccc(O)cc1O. The van der Waals surface area contributed by atoms with Crippen molar-refractivity contribution >= 4 is 6.29 Å². The van der Waals surface area contributed by atoms with E-state index in [0.717, 1.165) is 5.56 Å². The Bertz CT molecular complexity index is 705. The first-order valence-corrected chi connectivity index (χ1v) is 7.70. The number of aromatic hydroxyl groups is 4. The van der Waals surface area contributed by atoms with Crippen molar-refractivity contribution in [2.45, 2.75) is 39.5 Å². The van der Waals surface area contributed by atoms with Crippen LogP contribution in [0.25, 0.3) is 0 Å². The molecule has 2 aromatic rings. The number of hydrogen-bond acceptors (Lipinski definition) is 5. The summed E-state index contributed by atoms with van der Waals surface area (Å²) in [6.07, 6.45) is 0.570. The van der Waals surface area contributed by atoms with E-state index in [1.54, 1.807) is 12.1 Å². The summed E-state index contributed by atoms with van der Waals surface area (Å²) in [5, 5.41) is 36.9. The average molecular weight is 332 g/mol. The Morgan fingerprint density at radius 1 is 0.750 bits per heavy atom. The highest BCUT2D eigenvalue weighted by Gasteiger charge is 2.10. The predicted molar refractivity (Wildman–Crippen MR) is 93.1 cm³/mol. The monoisotopic (exact) mass is 332 g/mol. The smallest absolute Gasteiger partial charge is 0.153 e. The van der Waals surface area contributed by atoms with Crippen molar-refractivity contribution in [3.63, 3.8) is 0 Å². The molecule has 2 rings (SSSR count). The fraction of sp³-hybridized carbons (Fsp3) is 0.316. The van der Waals surface area contributed by atoms with E-state index in [9.17, 15) is 20.1 Å². The zero-order valence-corrected chi connectivity index (χ0v) is 14.3. The molecule has 0 amide bonds. The number of hydrogen-bond donors (Lipinski definition) is 4. The van der Waals surface area contributed by atoms with Crippen molar-refractivity contribution in [1.82, 2.24) is 0 Å². The molecule has 4 N–H and O–H groups in total. The second kappa shape index (κ2) is 8.24. The Hall–Kier alpha value is -2.69. The van der Waals surface area contributed by atoms with Crippen LogP contribution in [0.1, 0.15) is 61.0 Å². The first-order chi connectivity index (χ1) is 11.2. The van der Waals surface area contributed by atoms with Crippen molar-refractivity contribution in [2.24, 2.45) is 0 Å². The predicted octanol–water partition coefficient (Wildman–Crippen LogP) is 4.25. The van der Waals surface area contributed by atoms with E-state index in [4.69, 9.17) is 5.11 Å². The molecule has 0 aliphatic rings. The summed E-state index contributed by atoms with van der Waals surface area (Å²) in [7, 11) is 0. The molecule has 0 aliphatic heterocycles. The largest absolute Gasteiger partial charge is 0.508 e. The fourth-order valence-electron chi connectivity index (χ4n) is 2.19. The van der Waals surface area contributed by atoms with Gasteiger partial charge in [-0.05, 0) is 35.1 Å². The summed E-state index contributed by atoms with van der Waals surface area (Å²) < 4.78 is 0. The van der Waals surface area contributed by atoms with Crippen LogP contribution in [-0.2, 0) is 0 Å². The Balaban J connectivity index is 0.000000243. The number of carbonyl (C=O) groups is 1. The highest BCUT2D eigenvalue weighted by Crippen LogP contribution is 2.31. The number of carbonyl (C=O) groups excluding carboxylic acids is 1. The maximum Gasteiger partial charge on any atom is 0.153 e. The van der Waals surface area contributed by atoms with Crippen LogP contribution in [0.5, 0.6) is 23.0 Å². The lowest BCUT2D eigenvalue weighted by atomic mass is 9.99. The van der Waals surface area contributed by atoms with Crippen LogP contribution in [-0.4, -0.2) is 26.7 Å². The van der Waals surface area contributed by atoms with Crippen molar-refractivity contribution in [3.8, 4) is 23.0 Å². The molecule has 0 aromatic heterocycles. The van der Waals surface area contributed by atoms with Gasteiger partial charge in [0.05, 0.1) is 5.56 Å². The van der Waals surface area contributed by atoms with Crippen LogP contribution in [0.2, 0.25) is 0 Å². The van der Waals surface area contributed by atoms with Crippen molar-refractivity contribution in [3.05, 3.63) is 47.0 Å². The van der Waals surface area contributed by atoms with Crippen LogP contribution in [0.3, 0.4) is 0 Å². The minimum Gasteiger partial charge on any atom is -0.508 e. The third-order valence-electron chi connectivity index (χ3n) is 3.56. The molecule has 0 heterocycles. The van der Waals surface area contributed by atoms with Gasteiger partial charge in [-0.2, -0.15) is 0 Å². The van der Waals surface area contributed by atoms with Gasteiger partial charge in [0, 0.05) is 12.1 Å². The summed E-state index contributed by atoms with van der Waals surface area (Å²) in [5.41, 5.74) is 1.74. The summed E-state index contributed by atoms with van der Waals surface area (Å²) in [6, 6.07) is 7.36. The van der Waals surface area contributed by atoms with Crippen molar-refractivity contribution in [1.29, 1.82) is 0 Å². The number of rotatable bonds is 3. The lowest BCUT2D eigenvalue weighted by molar-refractivity contribution is 0.112. The Labute approximate surface area is 141 Å². The van der Waals surface area contributed by atoms with Gasteiger partial charge in [-0.1, -0.05) is 33.8 Å². The van der Waals surface area contributed by atoms with E-state index in [2.05, 4.69) is 0 Å². The quantitative estimate of drug-likeness (QED) is 0.630. The molecular formula is C19H24O5. The van der Waals surface area contributed by atoms with Crippen molar-refractivity contribution in [2.75, 3.05) is 0 Å². The molecule has 0 unspecified atom stereocenters.